The first kappa shape index (κ1) is 13.8. The summed E-state index contributed by atoms with van der Waals surface area (Å²) in [6.07, 6.45) is 5.87. The SMILES string of the molecule is CCn1cc(CNCc2ccnn2CC(C)C)cn1. The molecule has 1 N–H and O–H groups in total. The maximum Gasteiger partial charge on any atom is 0.0534 e. The van der Waals surface area contributed by atoms with E-state index in [-0.39, 0.29) is 0 Å². The molecule has 0 aromatic carbocycles. The van der Waals surface area contributed by atoms with Crippen LogP contribution in [0, 0.1) is 5.92 Å². The van der Waals surface area contributed by atoms with E-state index in [1.54, 1.807) is 0 Å². The number of aromatic nitrogens is 4. The molecule has 0 atom stereocenters. The van der Waals surface area contributed by atoms with Crippen LogP contribution in [-0.4, -0.2) is 19.6 Å². The number of rotatable bonds is 7. The quantitative estimate of drug-likeness (QED) is 0.829. The van der Waals surface area contributed by atoms with Crippen molar-refractivity contribution in [1.82, 2.24) is 24.9 Å². The lowest BCUT2D eigenvalue weighted by molar-refractivity contribution is 0.461. The van der Waals surface area contributed by atoms with Crippen molar-refractivity contribution in [2.24, 2.45) is 5.92 Å². The Morgan fingerprint density at radius 1 is 1.26 bits per heavy atom. The summed E-state index contributed by atoms with van der Waals surface area (Å²) in [5.74, 6) is 0.612. The molecule has 5 heteroatoms. The summed E-state index contributed by atoms with van der Waals surface area (Å²) in [5, 5.41) is 12.1. The second-order valence-electron chi connectivity index (χ2n) is 5.21. The third kappa shape index (κ3) is 3.92. The second kappa shape index (κ2) is 6.52. The number of aryl methyl sites for hydroxylation is 1. The zero-order valence-corrected chi connectivity index (χ0v) is 12.0. The van der Waals surface area contributed by atoms with E-state index in [9.17, 15) is 0 Å². The Morgan fingerprint density at radius 2 is 2.11 bits per heavy atom. The average Bonchev–Trinajstić information content (AvgIpc) is 2.99. The summed E-state index contributed by atoms with van der Waals surface area (Å²) in [4.78, 5) is 0. The van der Waals surface area contributed by atoms with Gasteiger partial charge in [-0.3, -0.25) is 9.36 Å². The third-order valence-corrected chi connectivity index (χ3v) is 2.99. The van der Waals surface area contributed by atoms with Crippen LogP contribution in [0.15, 0.2) is 24.7 Å². The van der Waals surface area contributed by atoms with Gasteiger partial charge in [0.25, 0.3) is 0 Å². The van der Waals surface area contributed by atoms with Gasteiger partial charge in [0.15, 0.2) is 0 Å². The largest absolute Gasteiger partial charge is 0.307 e. The predicted molar refractivity (Wildman–Crippen MR) is 75.5 cm³/mol. The fourth-order valence-electron chi connectivity index (χ4n) is 2.03. The van der Waals surface area contributed by atoms with Crippen LogP contribution in [0.4, 0.5) is 0 Å². The minimum absolute atomic E-state index is 0.612. The molecule has 0 saturated heterocycles. The van der Waals surface area contributed by atoms with Gasteiger partial charge < -0.3 is 5.32 Å². The van der Waals surface area contributed by atoms with Crippen LogP contribution in [0.25, 0.3) is 0 Å². The molecule has 2 heterocycles. The summed E-state index contributed by atoms with van der Waals surface area (Å²) in [7, 11) is 0. The van der Waals surface area contributed by atoms with Crippen molar-refractivity contribution in [2.75, 3.05) is 0 Å². The molecule has 0 fully saturated rings. The summed E-state index contributed by atoms with van der Waals surface area (Å²) >= 11 is 0. The van der Waals surface area contributed by atoms with Gasteiger partial charge in [-0.15, -0.1) is 0 Å². The molecule has 0 bridgehead atoms. The molecule has 0 aliphatic heterocycles. The van der Waals surface area contributed by atoms with E-state index in [2.05, 4.69) is 53.2 Å². The van der Waals surface area contributed by atoms with Crippen LogP contribution in [0.3, 0.4) is 0 Å². The van der Waals surface area contributed by atoms with Gasteiger partial charge in [0, 0.05) is 44.1 Å². The summed E-state index contributed by atoms with van der Waals surface area (Å²) in [6, 6.07) is 2.07. The fraction of sp³-hybridized carbons (Fsp3) is 0.571. The minimum atomic E-state index is 0.612. The Balaban J connectivity index is 1.83. The van der Waals surface area contributed by atoms with Crippen LogP contribution in [0.2, 0.25) is 0 Å². The highest BCUT2D eigenvalue weighted by atomic mass is 15.3. The molecule has 2 rings (SSSR count). The van der Waals surface area contributed by atoms with Crippen LogP contribution in [0.1, 0.15) is 32.0 Å². The molecule has 0 amide bonds. The second-order valence-corrected chi connectivity index (χ2v) is 5.21. The zero-order chi connectivity index (χ0) is 13.7. The maximum atomic E-state index is 4.36. The molecule has 2 aromatic heterocycles. The van der Waals surface area contributed by atoms with Gasteiger partial charge in [0.2, 0.25) is 0 Å². The van der Waals surface area contributed by atoms with Crippen molar-refractivity contribution in [3.05, 3.63) is 35.9 Å². The van der Waals surface area contributed by atoms with E-state index >= 15 is 0 Å². The van der Waals surface area contributed by atoms with Gasteiger partial charge in [-0.25, -0.2) is 0 Å². The Hall–Kier alpha value is -1.62. The van der Waals surface area contributed by atoms with E-state index < -0.39 is 0 Å². The summed E-state index contributed by atoms with van der Waals surface area (Å²) < 4.78 is 4.02. The Morgan fingerprint density at radius 3 is 2.79 bits per heavy atom. The van der Waals surface area contributed by atoms with Crippen LogP contribution in [-0.2, 0) is 26.2 Å². The van der Waals surface area contributed by atoms with E-state index in [1.807, 2.05) is 17.1 Å². The lowest BCUT2D eigenvalue weighted by Gasteiger charge is -2.10. The molecule has 0 radical (unpaired) electrons. The molecule has 0 saturated carbocycles. The van der Waals surface area contributed by atoms with Crippen LogP contribution < -0.4 is 5.32 Å². The first-order valence-corrected chi connectivity index (χ1v) is 6.91. The molecule has 0 unspecified atom stereocenters. The molecular weight excluding hydrogens is 238 g/mol. The molecule has 0 aliphatic rings. The molecule has 19 heavy (non-hydrogen) atoms. The van der Waals surface area contributed by atoms with Crippen LogP contribution in [0.5, 0.6) is 0 Å². The van der Waals surface area contributed by atoms with E-state index in [4.69, 9.17) is 0 Å². The van der Waals surface area contributed by atoms with Gasteiger partial charge in [-0.1, -0.05) is 13.8 Å². The highest BCUT2D eigenvalue weighted by Crippen LogP contribution is 2.04. The average molecular weight is 261 g/mol. The Labute approximate surface area is 114 Å². The lowest BCUT2D eigenvalue weighted by atomic mass is 10.2. The zero-order valence-electron chi connectivity index (χ0n) is 12.0. The Bertz CT molecular complexity index is 497. The fourth-order valence-corrected chi connectivity index (χ4v) is 2.03. The maximum absolute atomic E-state index is 4.36. The van der Waals surface area contributed by atoms with Gasteiger partial charge >= 0.3 is 0 Å². The molecule has 0 aliphatic carbocycles. The molecule has 0 spiro atoms. The van der Waals surface area contributed by atoms with Gasteiger partial charge in [-0.05, 0) is 18.9 Å². The van der Waals surface area contributed by atoms with E-state index in [0.717, 1.165) is 26.2 Å². The smallest absolute Gasteiger partial charge is 0.0534 e. The molecule has 2 aromatic rings. The van der Waals surface area contributed by atoms with Crippen molar-refractivity contribution in [2.45, 2.75) is 47.0 Å². The van der Waals surface area contributed by atoms with Crippen molar-refractivity contribution in [3.8, 4) is 0 Å². The van der Waals surface area contributed by atoms with Gasteiger partial charge in [-0.2, -0.15) is 10.2 Å². The van der Waals surface area contributed by atoms with Crippen molar-refractivity contribution in [1.29, 1.82) is 0 Å². The topological polar surface area (TPSA) is 47.7 Å². The first-order valence-electron chi connectivity index (χ1n) is 6.91. The van der Waals surface area contributed by atoms with Crippen molar-refractivity contribution >= 4 is 0 Å². The highest BCUT2D eigenvalue weighted by Gasteiger charge is 2.04. The number of hydrogen-bond acceptors (Lipinski definition) is 3. The van der Waals surface area contributed by atoms with E-state index in [0.29, 0.717) is 5.92 Å². The standard InChI is InChI=1S/C14H23N5/c1-4-18-11-13(8-17-18)7-15-9-14-5-6-16-19(14)10-12(2)3/h5-6,8,11-12,15H,4,7,9-10H2,1-3H3. The first-order chi connectivity index (χ1) is 9.19. The van der Waals surface area contributed by atoms with E-state index in [1.165, 1.54) is 11.3 Å². The lowest BCUT2D eigenvalue weighted by Crippen LogP contribution is -2.17. The third-order valence-electron chi connectivity index (χ3n) is 2.99. The van der Waals surface area contributed by atoms with Crippen LogP contribution >= 0.6 is 0 Å². The highest BCUT2D eigenvalue weighted by molar-refractivity contribution is 5.05. The normalized spacial score (nSPS) is 11.4. The van der Waals surface area contributed by atoms with Gasteiger partial charge in [0.1, 0.15) is 0 Å². The van der Waals surface area contributed by atoms with Crippen molar-refractivity contribution in [3.63, 3.8) is 0 Å². The summed E-state index contributed by atoms with van der Waals surface area (Å²) in [5.41, 5.74) is 2.45. The molecule has 5 nitrogen and oxygen atoms in total. The Kier molecular flexibility index (Phi) is 4.74. The summed E-state index contributed by atoms with van der Waals surface area (Å²) in [6.45, 7) is 10.1. The number of nitrogens with zero attached hydrogens (tertiary/aromatic N) is 4. The predicted octanol–water partition coefficient (Wildman–Crippen LogP) is 2.05. The molecule has 104 valence electrons. The van der Waals surface area contributed by atoms with Crippen molar-refractivity contribution < 1.29 is 0 Å². The molecular formula is C14H23N5. The minimum Gasteiger partial charge on any atom is -0.307 e. The number of nitrogens with one attached hydrogen (secondary N) is 1. The van der Waals surface area contributed by atoms with Gasteiger partial charge in [0.05, 0.1) is 11.9 Å². The number of hydrogen-bond donors (Lipinski definition) is 1. The monoisotopic (exact) mass is 261 g/mol.